The van der Waals surface area contributed by atoms with Crippen LogP contribution in [0.2, 0.25) is 0 Å². The summed E-state index contributed by atoms with van der Waals surface area (Å²) in [5, 5.41) is 6.63. The molecule has 3 N–H and O–H groups in total. The summed E-state index contributed by atoms with van der Waals surface area (Å²) in [7, 11) is -2.26. The first-order valence-electron chi connectivity index (χ1n) is 11.0. The Morgan fingerprint density at radius 2 is 1.76 bits per heavy atom. The lowest BCUT2D eigenvalue weighted by Gasteiger charge is -2.31. The zero-order valence-corrected chi connectivity index (χ0v) is 20.5. The molecule has 34 heavy (non-hydrogen) atoms. The number of nitrogens with zero attached hydrogens (tertiary/aromatic N) is 2. The molecule has 0 spiro atoms. The van der Waals surface area contributed by atoms with Gasteiger partial charge in [-0.3, -0.25) is 9.71 Å². The third-order valence-corrected chi connectivity index (χ3v) is 7.07. The zero-order chi connectivity index (χ0) is 24.0. The van der Waals surface area contributed by atoms with Gasteiger partial charge in [0.25, 0.3) is 10.0 Å². The largest absolute Gasteiger partial charge is 0.497 e. The maximum Gasteiger partial charge on any atom is 0.261 e. The van der Waals surface area contributed by atoms with Crippen molar-refractivity contribution in [2.24, 2.45) is 0 Å². The summed E-state index contributed by atoms with van der Waals surface area (Å²) in [6.45, 7) is 1.82. The van der Waals surface area contributed by atoms with Crippen molar-refractivity contribution in [1.29, 1.82) is 0 Å². The van der Waals surface area contributed by atoms with E-state index in [2.05, 4.69) is 25.2 Å². The predicted molar refractivity (Wildman–Crippen MR) is 140 cm³/mol. The van der Waals surface area contributed by atoms with Gasteiger partial charge in [0.15, 0.2) is 5.11 Å². The second-order valence-corrected chi connectivity index (χ2v) is 9.97. The normalized spacial score (nSPS) is 13.7. The summed E-state index contributed by atoms with van der Waals surface area (Å²) in [6.07, 6.45) is 6.73. The van der Waals surface area contributed by atoms with Crippen molar-refractivity contribution in [2.75, 3.05) is 40.5 Å². The minimum absolute atomic E-state index is 0.135. The lowest BCUT2D eigenvalue weighted by atomic mass is 10.1. The highest BCUT2D eigenvalue weighted by Crippen LogP contribution is 2.32. The molecule has 4 rings (SSSR count). The van der Waals surface area contributed by atoms with E-state index in [1.54, 1.807) is 55.9 Å². The van der Waals surface area contributed by atoms with Crippen LogP contribution in [0.25, 0.3) is 0 Å². The van der Waals surface area contributed by atoms with E-state index in [0.717, 1.165) is 37.3 Å². The van der Waals surface area contributed by atoms with Crippen LogP contribution in [0.1, 0.15) is 19.3 Å². The van der Waals surface area contributed by atoms with Gasteiger partial charge < -0.3 is 20.3 Å². The Hall–Kier alpha value is -3.37. The second-order valence-electron chi connectivity index (χ2n) is 7.88. The summed E-state index contributed by atoms with van der Waals surface area (Å²) in [5.41, 5.74) is 2.73. The molecule has 10 heteroatoms. The van der Waals surface area contributed by atoms with Gasteiger partial charge in [0.05, 0.1) is 35.3 Å². The van der Waals surface area contributed by atoms with E-state index in [-0.39, 0.29) is 4.90 Å². The van der Waals surface area contributed by atoms with Crippen LogP contribution in [-0.4, -0.2) is 38.7 Å². The number of anilines is 4. The van der Waals surface area contributed by atoms with E-state index in [1.807, 2.05) is 18.2 Å². The number of ether oxygens (including phenoxy) is 1. The van der Waals surface area contributed by atoms with Gasteiger partial charge in [-0.15, -0.1) is 0 Å². The first kappa shape index (κ1) is 23.8. The number of hydrogen-bond donors (Lipinski definition) is 3. The summed E-state index contributed by atoms with van der Waals surface area (Å²) >= 11 is 5.50. The van der Waals surface area contributed by atoms with Gasteiger partial charge in [-0.1, -0.05) is 0 Å². The Balaban J connectivity index is 1.60. The Bertz CT molecular complexity index is 1230. The number of hydrogen-bond acceptors (Lipinski definition) is 6. The van der Waals surface area contributed by atoms with Crippen LogP contribution in [-0.2, 0) is 10.0 Å². The molecule has 0 unspecified atom stereocenters. The van der Waals surface area contributed by atoms with Crippen molar-refractivity contribution in [3.63, 3.8) is 0 Å². The van der Waals surface area contributed by atoms with Crippen LogP contribution in [0.15, 0.2) is 71.9 Å². The lowest BCUT2D eigenvalue weighted by molar-refractivity contribution is 0.415. The molecule has 2 heterocycles. The van der Waals surface area contributed by atoms with E-state index in [9.17, 15) is 8.42 Å². The fourth-order valence-corrected chi connectivity index (χ4v) is 5.10. The third kappa shape index (κ3) is 5.95. The SMILES string of the molecule is COc1ccc(NS(=O)(=O)c2ccc(N3CCCCC3)c(NC(=S)Nc3cccnc3)c2)cc1. The monoisotopic (exact) mass is 497 g/mol. The van der Waals surface area contributed by atoms with Crippen molar-refractivity contribution in [3.8, 4) is 5.75 Å². The van der Waals surface area contributed by atoms with Crippen LogP contribution >= 0.6 is 12.2 Å². The highest BCUT2D eigenvalue weighted by molar-refractivity contribution is 7.92. The number of piperidine rings is 1. The highest BCUT2D eigenvalue weighted by Gasteiger charge is 2.20. The van der Waals surface area contributed by atoms with Gasteiger partial charge in [0, 0.05) is 25.0 Å². The molecule has 178 valence electrons. The average molecular weight is 498 g/mol. The molecule has 3 aromatic rings. The number of methoxy groups -OCH3 is 1. The Kier molecular flexibility index (Phi) is 7.49. The summed E-state index contributed by atoms with van der Waals surface area (Å²) in [4.78, 5) is 6.47. The molecule has 0 saturated carbocycles. The van der Waals surface area contributed by atoms with Crippen molar-refractivity contribution in [1.82, 2.24) is 4.98 Å². The Labute approximate surface area is 205 Å². The number of rotatable bonds is 7. The fraction of sp³-hybridized carbons (Fsp3) is 0.250. The quantitative estimate of drug-likeness (QED) is 0.405. The number of nitrogens with one attached hydrogen (secondary N) is 3. The maximum atomic E-state index is 13.1. The molecule has 8 nitrogen and oxygen atoms in total. The summed E-state index contributed by atoms with van der Waals surface area (Å²) in [5.74, 6) is 0.648. The van der Waals surface area contributed by atoms with Gasteiger partial charge in [-0.25, -0.2) is 8.42 Å². The standard InChI is InChI=1S/C24H27N5O3S2/c1-32-20-9-7-18(8-10-20)28-34(30,31)21-11-12-23(29-14-3-2-4-15-29)22(16-21)27-24(33)26-19-6-5-13-25-17-19/h5-13,16-17,28H,2-4,14-15H2,1H3,(H2,26,27,33). The minimum atomic E-state index is -3.82. The van der Waals surface area contributed by atoms with Gasteiger partial charge in [-0.2, -0.15) is 0 Å². The summed E-state index contributed by atoms with van der Waals surface area (Å²) < 4.78 is 34.0. The number of benzene rings is 2. The first-order chi connectivity index (χ1) is 16.4. The van der Waals surface area contributed by atoms with Crippen molar-refractivity contribution >= 4 is 50.1 Å². The highest BCUT2D eigenvalue weighted by atomic mass is 32.2. The molecule has 2 aromatic carbocycles. The van der Waals surface area contributed by atoms with Crippen LogP contribution in [0.4, 0.5) is 22.7 Å². The number of sulfonamides is 1. The Morgan fingerprint density at radius 1 is 1.00 bits per heavy atom. The molecule has 0 amide bonds. The van der Waals surface area contributed by atoms with E-state index in [4.69, 9.17) is 17.0 Å². The van der Waals surface area contributed by atoms with Crippen molar-refractivity contribution < 1.29 is 13.2 Å². The topological polar surface area (TPSA) is 95.6 Å². The maximum absolute atomic E-state index is 13.1. The number of aromatic nitrogens is 1. The Morgan fingerprint density at radius 3 is 2.44 bits per heavy atom. The van der Waals surface area contributed by atoms with E-state index < -0.39 is 10.0 Å². The van der Waals surface area contributed by atoms with E-state index >= 15 is 0 Å². The van der Waals surface area contributed by atoms with E-state index in [0.29, 0.717) is 22.2 Å². The van der Waals surface area contributed by atoms with Crippen molar-refractivity contribution in [3.05, 3.63) is 67.0 Å². The molecule has 1 aliphatic heterocycles. The molecule has 0 bridgehead atoms. The molecular formula is C24H27N5O3S2. The van der Waals surface area contributed by atoms with Crippen molar-refractivity contribution in [2.45, 2.75) is 24.2 Å². The number of pyridine rings is 1. The second kappa shape index (κ2) is 10.7. The van der Waals surface area contributed by atoms with Gasteiger partial charge in [0.1, 0.15) is 5.75 Å². The van der Waals surface area contributed by atoms with Gasteiger partial charge >= 0.3 is 0 Å². The van der Waals surface area contributed by atoms with Gasteiger partial charge in [-0.05, 0) is 86.1 Å². The smallest absolute Gasteiger partial charge is 0.261 e. The molecule has 1 saturated heterocycles. The van der Waals surface area contributed by atoms with E-state index in [1.165, 1.54) is 6.42 Å². The first-order valence-corrected chi connectivity index (χ1v) is 12.9. The summed E-state index contributed by atoms with van der Waals surface area (Å²) in [6, 6.07) is 15.5. The minimum Gasteiger partial charge on any atom is -0.497 e. The van der Waals surface area contributed by atoms with Crippen LogP contribution in [0, 0.1) is 0 Å². The van der Waals surface area contributed by atoms with Gasteiger partial charge in [0.2, 0.25) is 0 Å². The fourth-order valence-electron chi connectivity index (χ4n) is 3.79. The van der Waals surface area contributed by atoms with Crippen LogP contribution in [0.5, 0.6) is 5.75 Å². The third-order valence-electron chi connectivity index (χ3n) is 5.48. The molecular weight excluding hydrogens is 470 g/mol. The predicted octanol–water partition coefficient (Wildman–Crippen LogP) is 4.69. The molecule has 1 aliphatic rings. The lowest BCUT2D eigenvalue weighted by Crippen LogP contribution is -2.31. The molecule has 1 fully saturated rings. The van der Waals surface area contributed by atoms with Crippen LogP contribution < -0.4 is 25.0 Å². The molecule has 0 aliphatic carbocycles. The molecule has 0 radical (unpaired) electrons. The molecule has 0 atom stereocenters. The zero-order valence-electron chi connectivity index (χ0n) is 18.8. The average Bonchev–Trinajstić information content (AvgIpc) is 2.85. The number of thiocarbonyl (C=S) groups is 1. The van der Waals surface area contributed by atoms with Crippen LogP contribution in [0.3, 0.4) is 0 Å². The molecule has 1 aromatic heterocycles.